The van der Waals surface area contributed by atoms with E-state index in [1.807, 2.05) is 30.3 Å². The predicted octanol–water partition coefficient (Wildman–Crippen LogP) is 2.45. The fraction of sp³-hybridized carbons (Fsp3) is 0.500. The van der Waals surface area contributed by atoms with E-state index in [1.54, 1.807) is 0 Å². The van der Waals surface area contributed by atoms with Crippen LogP contribution in [-0.4, -0.2) is 24.4 Å². The number of benzene rings is 1. The molecular formula is C14H18O3S. The van der Waals surface area contributed by atoms with Gasteiger partial charge >= 0.3 is 0 Å². The standard InChI is InChI=1S/C14H18O3S/c15-14(18)7-12-6-13(17-9-12)10-16-8-11-4-2-1-3-5-11/h1-5,12-13H,6-10H2,(H,15,18). The van der Waals surface area contributed by atoms with E-state index in [1.165, 1.54) is 0 Å². The van der Waals surface area contributed by atoms with Crippen molar-refractivity contribution in [2.24, 2.45) is 5.92 Å². The lowest BCUT2D eigenvalue weighted by Crippen LogP contribution is -2.14. The molecule has 3 nitrogen and oxygen atoms in total. The first-order chi connectivity index (χ1) is 8.74. The molecule has 4 heteroatoms. The maximum Gasteiger partial charge on any atom is 0.186 e. The molecule has 0 radical (unpaired) electrons. The zero-order valence-corrected chi connectivity index (χ0v) is 11.1. The summed E-state index contributed by atoms with van der Waals surface area (Å²) in [5, 5.41) is -0.0607. The van der Waals surface area contributed by atoms with Gasteiger partial charge in [-0.2, -0.15) is 0 Å². The lowest BCUT2D eigenvalue weighted by atomic mass is 10.0. The summed E-state index contributed by atoms with van der Waals surface area (Å²) < 4.78 is 11.2. The molecule has 2 rings (SSSR count). The second-order valence-electron chi connectivity index (χ2n) is 4.66. The summed E-state index contributed by atoms with van der Waals surface area (Å²) in [5.41, 5.74) is 1.16. The van der Waals surface area contributed by atoms with E-state index in [4.69, 9.17) is 9.47 Å². The number of thiol groups is 1. The molecule has 0 saturated carbocycles. The van der Waals surface area contributed by atoms with Gasteiger partial charge in [0.25, 0.3) is 0 Å². The summed E-state index contributed by atoms with van der Waals surface area (Å²) in [6.07, 6.45) is 1.51. The predicted molar refractivity (Wildman–Crippen MR) is 72.6 cm³/mol. The normalized spacial score (nSPS) is 23.2. The van der Waals surface area contributed by atoms with Gasteiger partial charge in [-0.3, -0.25) is 4.79 Å². The average molecular weight is 266 g/mol. The Balaban J connectivity index is 1.65. The Morgan fingerprint density at radius 1 is 1.39 bits per heavy atom. The van der Waals surface area contributed by atoms with Gasteiger partial charge in [0.1, 0.15) is 0 Å². The number of hydrogen-bond donors (Lipinski definition) is 1. The molecule has 1 aliphatic heterocycles. The van der Waals surface area contributed by atoms with E-state index >= 15 is 0 Å². The molecule has 1 fully saturated rings. The highest BCUT2D eigenvalue weighted by molar-refractivity contribution is 7.96. The van der Waals surface area contributed by atoms with E-state index in [0.717, 1.165) is 12.0 Å². The number of ether oxygens (including phenoxy) is 2. The van der Waals surface area contributed by atoms with Gasteiger partial charge in [0.15, 0.2) is 5.12 Å². The SMILES string of the molecule is O=C(S)CC1COC(COCc2ccccc2)C1. The number of carbonyl (C=O) groups excluding carboxylic acids is 1. The molecule has 1 aliphatic rings. The molecule has 0 N–H and O–H groups in total. The van der Waals surface area contributed by atoms with E-state index in [9.17, 15) is 4.79 Å². The maximum absolute atomic E-state index is 10.9. The van der Waals surface area contributed by atoms with Crippen LogP contribution in [0.4, 0.5) is 0 Å². The Labute approximate surface area is 113 Å². The zero-order valence-electron chi connectivity index (χ0n) is 10.2. The van der Waals surface area contributed by atoms with Crippen molar-refractivity contribution in [3.8, 4) is 0 Å². The maximum atomic E-state index is 10.9. The fourth-order valence-electron chi connectivity index (χ4n) is 2.17. The van der Waals surface area contributed by atoms with Gasteiger partial charge in [0.05, 0.1) is 25.9 Å². The van der Waals surface area contributed by atoms with Gasteiger partial charge in [-0.1, -0.05) is 30.3 Å². The highest BCUT2D eigenvalue weighted by Gasteiger charge is 2.26. The van der Waals surface area contributed by atoms with Gasteiger partial charge in [-0.15, -0.1) is 12.6 Å². The molecule has 0 bridgehead atoms. The Morgan fingerprint density at radius 2 is 2.17 bits per heavy atom. The van der Waals surface area contributed by atoms with Crippen LogP contribution < -0.4 is 0 Å². The average Bonchev–Trinajstić information content (AvgIpc) is 2.77. The van der Waals surface area contributed by atoms with Crippen molar-refractivity contribution in [2.75, 3.05) is 13.2 Å². The van der Waals surface area contributed by atoms with Crippen LogP contribution >= 0.6 is 12.6 Å². The van der Waals surface area contributed by atoms with E-state index in [2.05, 4.69) is 12.6 Å². The molecule has 0 aromatic heterocycles. The first-order valence-electron chi connectivity index (χ1n) is 6.19. The first kappa shape index (κ1) is 13.6. The van der Waals surface area contributed by atoms with Crippen LogP contribution in [0.15, 0.2) is 30.3 Å². The van der Waals surface area contributed by atoms with Crippen LogP contribution in [0, 0.1) is 5.92 Å². The van der Waals surface area contributed by atoms with Crippen molar-refractivity contribution >= 4 is 17.7 Å². The summed E-state index contributed by atoms with van der Waals surface area (Å²) in [4.78, 5) is 10.9. The third-order valence-corrected chi connectivity index (χ3v) is 3.23. The lowest BCUT2D eigenvalue weighted by Gasteiger charge is -2.10. The third kappa shape index (κ3) is 4.44. The van der Waals surface area contributed by atoms with Crippen LogP contribution in [0.2, 0.25) is 0 Å². The molecule has 98 valence electrons. The van der Waals surface area contributed by atoms with Crippen molar-refractivity contribution in [3.05, 3.63) is 35.9 Å². The second-order valence-corrected chi connectivity index (χ2v) is 5.15. The molecule has 2 atom stereocenters. The fourth-order valence-corrected chi connectivity index (χ4v) is 2.43. The summed E-state index contributed by atoms with van der Waals surface area (Å²) in [6.45, 7) is 1.84. The zero-order chi connectivity index (χ0) is 12.8. The molecule has 1 aromatic carbocycles. The highest BCUT2D eigenvalue weighted by atomic mass is 32.1. The molecule has 0 aliphatic carbocycles. The first-order valence-corrected chi connectivity index (χ1v) is 6.64. The van der Waals surface area contributed by atoms with Crippen LogP contribution in [0.25, 0.3) is 0 Å². The number of carbonyl (C=O) groups is 1. The van der Waals surface area contributed by atoms with Crippen LogP contribution in [0.5, 0.6) is 0 Å². The summed E-state index contributed by atoms with van der Waals surface area (Å²) in [6, 6.07) is 10.1. The summed E-state index contributed by atoms with van der Waals surface area (Å²) in [5.74, 6) is 0.306. The topological polar surface area (TPSA) is 35.5 Å². The quantitative estimate of drug-likeness (QED) is 0.803. The van der Waals surface area contributed by atoms with E-state index in [-0.39, 0.29) is 11.2 Å². The molecule has 0 spiro atoms. The van der Waals surface area contributed by atoms with Gasteiger partial charge in [-0.05, 0) is 17.9 Å². The molecule has 18 heavy (non-hydrogen) atoms. The van der Waals surface area contributed by atoms with E-state index in [0.29, 0.717) is 32.2 Å². The Morgan fingerprint density at radius 3 is 2.89 bits per heavy atom. The van der Waals surface area contributed by atoms with E-state index < -0.39 is 0 Å². The van der Waals surface area contributed by atoms with Crippen molar-refractivity contribution < 1.29 is 14.3 Å². The smallest absolute Gasteiger partial charge is 0.186 e. The minimum absolute atomic E-state index is 0.0607. The Bertz CT molecular complexity index is 380. The Hall–Kier alpha value is -0.840. The van der Waals surface area contributed by atoms with Crippen molar-refractivity contribution in [3.63, 3.8) is 0 Å². The summed E-state index contributed by atoms with van der Waals surface area (Å²) >= 11 is 3.80. The number of hydrogen-bond acceptors (Lipinski definition) is 3. The monoisotopic (exact) mass is 266 g/mol. The van der Waals surface area contributed by atoms with Gasteiger partial charge in [0, 0.05) is 6.42 Å². The van der Waals surface area contributed by atoms with Gasteiger partial charge < -0.3 is 9.47 Å². The molecule has 1 aromatic rings. The Kier molecular flexibility index (Phi) is 5.23. The molecule has 1 saturated heterocycles. The van der Waals surface area contributed by atoms with Crippen LogP contribution in [0.1, 0.15) is 18.4 Å². The minimum Gasteiger partial charge on any atom is -0.376 e. The third-order valence-electron chi connectivity index (χ3n) is 3.04. The number of rotatable bonds is 6. The molecular weight excluding hydrogens is 248 g/mol. The second kappa shape index (κ2) is 6.92. The molecule has 1 heterocycles. The lowest BCUT2D eigenvalue weighted by molar-refractivity contribution is -0.111. The minimum atomic E-state index is -0.0607. The van der Waals surface area contributed by atoms with Gasteiger partial charge in [-0.25, -0.2) is 0 Å². The summed E-state index contributed by atoms with van der Waals surface area (Å²) in [7, 11) is 0. The molecule has 2 unspecified atom stereocenters. The molecule has 0 amide bonds. The van der Waals surface area contributed by atoms with Crippen molar-refractivity contribution in [2.45, 2.75) is 25.6 Å². The van der Waals surface area contributed by atoms with Crippen molar-refractivity contribution in [1.82, 2.24) is 0 Å². The van der Waals surface area contributed by atoms with Gasteiger partial charge in [0.2, 0.25) is 0 Å². The largest absolute Gasteiger partial charge is 0.376 e. The van der Waals surface area contributed by atoms with Crippen LogP contribution in [0.3, 0.4) is 0 Å². The van der Waals surface area contributed by atoms with Crippen LogP contribution in [-0.2, 0) is 20.9 Å². The van der Waals surface area contributed by atoms with Crippen molar-refractivity contribution in [1.29, 1.82) is 0 Å². The highest BCUT2D eigenvalue weighted by Crippen LogP contribution is 2.23.